The van der Waals surface area contributed by atoms with Gasteiger partial charge in [-0.1, -0.05) is 0 Å². The fourth-order valence-corrected chi connectivity index (χ4v) is 2.72. The third kappa shape index (κ3) is 1.78. The van der Waals surface area contributed by atoms with Gasteiger partial charge in [-0.15, -0.1) is 0 Å². The minimum Gasteiger partial charge on any atom is -0.441 e. The fraction of sp³-hybridized carbons (Fsp3) is 0.0667. The van der Waals surface area contributed by atoms with Gasteiger partial charge in [0.1, 0.15) is 11.3 Å². The van der Waals surface area contributed by atoms with Gasteiger partial charge >= 0.3 is 0 Å². The summed E-state index contributed by atoms with van der Waals surface area (Å²) in [6.45, 7) is 1.71. The molecule has 0 unspecified atom stereocenters. The first-order chi connectivity index (χ1) is 11.0. The standard InChI is InChI=1S/C15H10N4O4/c1-6-17-9-4-7(2-3-10(9)23-6)19-11(20)5-8-12(13(19)16)15(22)18-14(8)21/h2-5H,16H2,1H3,(H,18,21,22). The molecule has 0 saturated carbocycles. The summed E-state index contributed by atoms with van der Waals surface area (Å²) in [4.78, 5) is 40.0. The van der Waals surface area contributed by atoms with E-state index in [2.05, 4.69) is 10.3 Å². The summed E-state index contributed by atoms with van der Waals surface area (Å²) < 4.78 is 6.55. The molecular formula is C15H10N4O4. The molecule has 3 N–H and O–H groups in total. The number of hydrogen-bond donors (Lipinski definition) is 2. The molecule has 4 rings (SSSR count). The van der Waals surface area contributed by atoms with Crippen LogP contribution in [-0.4, -0.2) is 21.4 Å². The number of carbonyl (C=O) groups is 2. The zero-order valence-electron chi connectivity index (χ0n) is 11.9. The van der Waals surface area contributed by atoms with Crippen LogP contribution >= 0.6 is 0 Å². The zero-order chi connectivity index (χ0) is 16.3. The largest absolute Gasteiger partial charge is 0.441 e. The van der Waals surface area contributed by atoms with Crippen molar-refractivity contribution >= 4 is 28.7 Å². The van der Waals surface area contributed by atoms with Crippen LogP contribution < -0.4 is 16.6 Å². The molecular weight excluding hydrogens is 300 g/mol. The van der Waals surface area contributed by atoms with Gasteiger partial charge in [-0.2, -0.15) is 0 Å². The lowest BCUT2D eigenvalue weighted by Crippen LogP contribution is -2.24. The second-order valence-electron chi connectivity index (χ2n) is 5.16. The van der Waals surface area contributed by atoms with Crippen molar-refractivity contribution in [2.75, 3.05) is 5.73 Å². The van der Waals surface area contributed by atoms with E-state index in [0.29, 0.717) is 22.7 Å². The van der Waals surface area contributed by atoms with E-state index in [0.717, 1.165) is 6.07 Å². The number of carbonyl (C=O) groups excluding carboxylic acids is 2. The summed E-state index contributed by atoms with van der Waals surface area (Å²) in [6, 6.07) is 6.02. The summed E-state index contributed by atoms with van der Waals surface area (Å²) in [6.07, 6.45) is 0. The first-order valence-corrected chi connectivity index (χ1v) is 6.74. The minimum absolute atomic E-state index is 0.00558. The van der Waals surface area contributed by atoms with Crippen LogP contribution in [0.1, 0.15) is 26.6 Å². The predicted molar refractivity (Wildman–Crippen MR) is 80.6 cm³/mol. The highest BCUT2D eigenvalue weighted by molar-refractivity contribution is 6.23. The molecule has 0 saturated heterocycles. The van der Waals surface area contributed by atoms with Crippen molar-refractivity contribution in [3.63, 3.8) is 0 Å². The van der Waals surface area contributed by atoms with Crippen LogP contribution in [-0.2, 0) is 0 Å². The number of benzene rings is 1. The molecule has 0 spiro atoms. The summed E-state index contributed by atoms with van der Waals surface area (Å²) in [5.41, 5.74) is 7.04. The van der Waals surface area contributed by atoms with E-state index in [1.807, 2.05) is 0 Å². The van der Waals surface area contributed by atoms with Crippen molar-refractivity contribution in [2.45, 2.75) is 6.92 Å². The molecule has 3 heterocycles. The lowest BCUT2D eigenvalue weighted by molar-refractivity contribution is 0.0880. The van der Waals surface area contributed by atoms with E-state index in [1.165, 1.54) is 4.57 Å². The topological polar surface area (TPSA) is 120 Å². The summed E-state index contributed by atoms with van der Waals surface area (Å²) in [7, 11) is 0. The summed E-state index contributed by atoms with van der Waals surface area (Å²) >= 11 is 0. The predicted octanol–water partition coefficient (Wildman–Crippen LogP) is 0.753. The number of aromatic nitrogens is 2. The van der Waals surface area contributed by atoms with Gasteiger partial charge in [-0.3, -0.25) is 24.3 Å². The maximum absolute atomic E-state index is 12.3. The van der Waals surface area contributed by atoms with Crippen LogP contribution in [0.5, 0.6) is 0 Å². The smallest absolute Gasteiger partial charge is 0.262 e. The number of nitrogens with zero attached hydrogens (tertiary/aromatic N) is 2. The Bertz CT molecular complexity index is 1080. The van der Waals surface area contributed by atoms with Gasteiger partial charge in [0, 0.05) is 13.0 Å². The van der Waals surface area contributed by atoms with Crippen molar-refractivity contribution in [3.8, 4) is 5.69 Å². The zero-order valence-corrected chi connectivity index (χ0v) is 11.9. The van der Waals surface area contributed by atoms with Crippen molar-refractivity contribution < 1.29 is 14.0 Å². The second-order valence-corrected chi connectivity index (χ2v) is 5.16. The van der Waals surface area contributed by atoms with Crippen LogP contribution in [0.2, 0.25) is 0 Å². The molecule has 23 heavy (non-hydrogen) atoms. The maximum Gasteiger partial charge on any atom is 0.262 e. The van der Waals surface area contributed by atoms with Gasteiger partial charge in [0.2, 0.25) is 0 Å². The monoisotopic (exact) mass is 310 g/mol. The molecule has 0 atom stereocenters. The number of fused-ring (bicyclic) bond motifs is 2. The molecule has 0 bridgehead atoms. The molecule has 1 aliphatic heterocycles. The Labute approximate surface area is 128 Å². The Hall–Kier alpha value is -3.42. The second kappa shape index (κ2) is 4.29. The van der Waals surface area contributed by atoms with E-state index in [4.69, 9.17) is 10.2 Å². The first kappa shape index (κ1) is 13.3. The van der Waals surface area contributed by atoms with Crippen molar-refractivity contribution in [1.82, 2.24) is 14.9 Å². The van der Waals surface area contributed by atoms with Crippen LogP contribution in [0, 0.1) is 6.92 Å². The van der Waals surface area contributed by atoms with Gasteiger partial charge in [0.15, 0.2) is 11.5 Å². The van der Waals surface area contributed by atoms with E-state index in [9.17, 15) is 14.4 Å². The van der Waals surface area contributed by atoms with Gasteiger partial charge in [0.25, 0.3) is 17.4 Å². The molecule has 0 aliphatic carbocycles. The van der Waals surface area contributed by atoms with Crippen molar-refractivity contribution in [2.24, 2.45) is 0 Å². The Morgan fingerprint density at radius 2 is 1.96 bits per heavy atom. The molecule has 2 amide bonds. The molecule has 1 aromatic carbocycles. The number of nitrogens with one attached hydrogen (secondary N) is 1. The summed E-state index contributed by atoms with van der Waals surface area (Å²) in [5.74, 6) is -0.829. The number of imide groups is 1. The Kier molecular flexibility index (Phi) is 2.47. The molecule has 8 nitrogen and oxygen atoms in total. The highest BCUT2D eigenvalue weighted by Gasteiger charge is 2.31. The van der Waals surface area contributed by atoms with Crippen LogP contribution in [0.4, 0.5) is 5.82 Å². The molecule has 8 heteroatoms. The van der Waals surface area contributed by atoms with E-state index in [1.54, 1.807) is 25.1 Å². The lowest BCUT2D eigenvalue weighted by Gasteiger charge is -2.11. The van der Waals surface area contributed by atoms with Crippen molar-refractivity contribution in [3.05, 3.63) is 51.6 Å². The third-order valence-corrected chi connectivity index (χ3v) is 3.69. The summed E-state index contributed by atoms with van der Waals surface area (Å²) in [5, 5.41) is 2.12. The quantitative estimate of drug-likeness (QED) is 0.640. The Balaban J connectivity index is 2.01. The maximum atomic E-state index is 12.3. The van der Waals surface area contributed by atoms with E-state index >= 15 is 0 Å². The number of pyridine rings is 1. The van der Waals surface area contributed by atoms with E-state index in [-0.39, 0.29) is 16.9 Å². The van der Waals surface area contributed by atoms with Crippen LogP contribution in [0.3, 0.4) is 0 Å². The number of nitrogen functional groups attached to an aromatic ring is 1. The first-order valence-electron chi connectivity index (χ1n) is 6.74. The average Bonchev–Trinajstić information content (AvgIpc) is 2.98. The lowest BCUT2D eigenvalue weighted by atomic mass is 10.1. The number of aryl methyl sites for hydroxylation is 1. The van der Waals surface area contributed by atoms with Gasteiger partial charge in [-0.05, 0) is 18.2 Å². The Morgan fingerprint density at radius 1 is 1.17 bits per heavy atom. The molecule has 1 aliphatic rings. The molecule has 2 aromatic heterocycles. The normalized spacial score (nSPS) is 13.4. The number of nitrogens with two attached hydrogens (primary N) is 1. The molecule has 3 aromatic rings. The van der Waals surface area contributed by atoms with Gasteiger partial charge in [0.05, 0.1) is 16.8 Å². The highest BCUT2D eigenvalue weighted by Crippen LogP contribution is 2.24. The fourth-order valence-electron chi connectivity index (χ4n) is 2.72. The number of hydrogen-bond acceptors (Lipinski definition) is 6. The van der Waals surface area contributed by atoms with Gasteiger partial charge in [-0.25, -0.2) is 4.98 Å². The SMILES string of the molecule is Cc1nc2cc(-n3c(N)c4c(cc3=O)C(=O)NC4=O)ccc2o1. The number of oxazole rings is 1. The highest BCUT2D eigenvalue weighted by atomic mass is 16.3. The molecule has 0 fully saturated rings. The van der Waals surface area contributed by atoms with Crippen molar-refractivity contribution in [1.29, 1.82) is 0 Å². The Morgan fingerprint density at radius 3 is 2.74 bits per heavy atom. The van der Waals surface area contributed by atoms with Crippen LogP contribution in [0.15, 0.2) is 33.5 Å². The number of anilines is 1. The third-order valence-electron chi connectivity index (χ3n) is 3.69. The number of rotatable bonds is 1. The van der Waals surface area contributed by atoms with E-state index < -0.39 is 17.4 Å². The average molecular weight is 310 g/mol. The minimum atomic E-state index is -0.622. The van der Waals surface area contributed by atoms with Gasteiger partial charge < -0.3 is 10.2 Å². The molecule has 0 radical (unpaired) electrons. The number of amides is 2. The van der Waals surface area contributed by atoms with Crippen LogP contribution in [0.25, 0.3) is 16.8 Å². The molecule has 114 valence electrons.